The van der Waals surface area contributed by atoms with Gasteiger partial charge in [0.1, 0.15) is 0 Å². The van der Waals surface area contributed by atoms with E-state index in [-0.39, 0.29) is 23.0 Å². The molecule has 138 valence electrons. The molecule has 3 aromatic rings. The van der Waals surface area contributed by atoms with Crippen molar-refractivity contribution in [2.45, 2.75) is 0 Å². The van der Waals surface area contributed by atoms with Crippen LogP contribution in [-0.2, 0) is 0 Å². The molecule has 0 aliphatic rings. The molecule has 28 heavy (non-hydrogen) atoms. The van der Waals surface area contributed by atoms with Crippen LogP contribution < -0.4 is 9.46 Å². The van der Waals surface area contributed by atoms with Crippen LogP contribution in [-0.4, -0.2) is 22.0 Å². The largest absolute Gasteiger partial charge is 0.304 e. The van der Waals surface area contributed by atoms with Gasteiger partial charge >= 0.3 is 11.4 Å². The van der Waals surface area contributed by atoms with Crippen LogP contribution in [0.1, 0.15) is 32.1 Å². The molecule has 0 atom stereocenters. The number of allylic oxidation sites excluding steroid dienone is 2. The summed E-state index contributed by atoms with van der Waals surface area (Å²) in [5.74, 6) is -0.643. The number of rotatable bonds is 6. The molecule has 0 unspecified atom stereocenters. The summed E-state index contributed by atoms with van der Waals surface area (Å²) in [7, 11) is 0. The normalized spacial score (nSPS) is 11.1. The van der Waals surface area contributed by atoms with Gasteiger partial charge in [0.25, 0.3) is 11.6 Å². The number of carbonyl (C=O) groups is 2. The highest BCUT2D eigenvalue weighted by atomic mass is 16.5. The molecule has 1 aromatic carbocycles. The van der Waals surface area contributed by atoms with E-state index in [0.29, 0.717) is 0 Å². The first-order valence-electron chi connectivity index (χ1n) is 8.49. The van der Waals surface area contributed by atoms with Crippen LogP contribution >= 0.6 is 0 Å². The van der Waals surface area contributed by atoms with Gasteiger partial charge in [-0.25, -0.2) is 0 Å². The average Bonchev–Trinajstić information content (AvgIpc) is 2.71. The van der Waals surface area contributed by atoms with Crippen molar-refractivity contribution in [3.63, 3.8) is 0 Å². The number of aromatic nitrogens is 2. The molecule has 0 saturated carbocycles. The number of nitrogens with zero attached hydrogens (tertiary/aromatic N) is 2. The quantitative estimate of drug-likeness (QED) is 0.301. The van der Waals surface area contributed by atoms with Crippen LogP contribution in [0, 0.1) is 0 Å². The highest BCUT2D eigenvalue weighted by molar-refractivity contribution is 6.05. The van der Waals surface area contributed by atoms with E-state index < -0.39 is 0 Å². The Morgan fingerprint density at radius 2 is 1.04 bits per heavy atom. The molecule has 6 nitrogen and oxygen atoms in total. The van der Waals surface area contributed by atoms with Crippen molar-refractivity contribution < 1.29 is 29.5 Å². The molecule has 2 N–H and O–H groups in total. The molecular formula is C22H18N2O4+2. The van der Waals surface area contributed by atoms with Crippen molar-refractivity contribution in [2.75, 3.05) is 0 Å². The van der Waals surface area contributed by atoms with Crippen LogP contribution in [0.2, 0.25) is 0 Å². The van der Waals surface area contributed by atoms with Crippen molar-refractivity contribution in [3.05, 3.63) is 108 Å². The van der Waals surface area contributed by atoms with Gasteiger partial charge < -0.3 is 0 Å². The third kappa shape index (κ3) is 4.56. The van der Waals surface area contributed by atoms with Crippen molar-refractivity contribution in [3.8, 4) is 0 Å². The predicted octanol–water partition coefficient (Wildman–Crippen LogP) is 2.53. The lowest BCUT2D eigenvalue weighted by molar-refractivity contribution is -0.905. The maximum Gasteiger partial charge on any atom is 0.304 e. The zero-order valence-electron chi connectivity index (χ0n) is 14.8. The summed E-state index contributed by atoms with van der Waals surface area (Å²) in [6.45, 7) is 0. The molecule has 3 rings (SSSR count). The third-order valence-electron chi connectivity index (χ3n) is 3.97. The second kappa shape index (κ2) is 8.55. The Balaban J connectivity index is 1.67. The standard InChI is InChI=1S/C22H18N2O4/c25-21(19-5-1-3-15-23(19)27)13-11-17-7-9-18(10-8-17)12-14-22(26)20-6-2-4-16-24(20)28/h1-16,27-28H/q+2. The van der Waals surface area contributed by atoms with E-state index in [0.717, 1.165) is 20.6 Å². The van der Waals surface area contributed by atoms with E-state index in [1.807, 2.05) is 0 Å². The minimum Gasteiger partial charge on any atom is -0.284 e. The number of benzene rings is 1. The van der Waals surface area contributed by atoms with Crippen LogP contribution in [0.3, 0.4) is 0 Å². The molecule has 0 spiro atoms. The Bertz CT molecular complexity index is 983. The van der Waals surface area contributed by atoms with E-state index >= 15 is 0 Å². The summed E-state index contributed by atoms with van der Waals surface area (Å²) in [5, 5.41) is 19.3. The summed E-state index contributed by atoms with van der Waals surface area (Å²) in [6.07, 6.45) is 8.82. The van der Waals surface area contributed by atoms with Gasteiger partial charge in [-0.3, -0.25) is 20.0 Å². The lowest BCUT2D eigenvalue weighted by Crippen LogP contribution is -2.36. The van der Waals surface area contributed by atoms with Gasteiger partial charge in [-0.1, -0.05) is 36.4 Å². The molecule has 0 fully saturated rings. The van der Waals surface area contributed by atoms with Gasteiger partial charge in [-0.05, 0) is 35.4 Å². The zero-order chi connectivity index (χ0) is 19.9. The summed E-state index contributed by atoms with van der Waals surface area (Å²) < 4.78 is 1.56. The van der Waals surface area contributed by atoms with Crippen molar-refractivity contribution in [2.24, 2.45) is 0 Å². The number of ketones is 2. The van der Waals surface area contributed by atoms with E-state index in [9.17, 15) is 20.0 Å². The van der Waals surface area contributed by atoms with Gasteiger partial charge in [0.05, 0.1) is 0 Å². The van der Waals surface area contributed by atoms with Crippen molar-refractivity contribution in [1.29, 1.82) is 0 Å². The summed E-state index contributed by atoms with van der Waals surface area (Å²) in [6, 6.07) is 16.9. The first-order chi connectivity index (χ1) is 13.5. The van der Waals surface area contributed by atoms with Crippen molar-refractivity contribution in [1.82, 2.24) is 0 Å². The Morgan fingerprint density at radius 1 is 0.643 bits per heavy atom. The smallest absolute Gasteiger partial charge is 0.284 e. The molecule has 2 aromatic heterocycles. The Kier molecular flexibility index (Phi) is 5.72. The average molecular weight is 374 g/mol. The maximum atomic E-state index is 12.1. The highest BCUT2D eigenvalue weighted by Gasteiger charge is 2.16. The third-order valence-corrected chi connectivity index (χ3v) is 3.97. The summed E-state index contributed by atoms with van der Waals surface area (Å²) in [5.41, 5.74) is 1.93. The first kappa shape index (κ1) is 18.7. The van der Waals surface area contributed by atoms with Gasteiger partial charge in [-0.2, -0.15) is 0 Å². The fourth-order valence-corrected chi connectivity index (χ4v) is 2.49. The highest BCUT2D eigenvalue weighted by Crippen LogP contribution is 2.09. The Morgan fingerprint density at radius 3 is 1.39 bits per heavy atom. The van der Waals surface area contributed by atoms with E-state index in [4.69, 9.17) is 0 Å². The number of carbonyl (C=O) groups excluding carboxylic acids is 2. The molecular weight excluding hydrogens is 356 g/mol. The fourth-order valence-electron chi connectivity index (χ4n) is 2.49. The Hall–Kier alpha value is -4.06. The molecule has 6 heteroatoms. The van der Waals surface area contributed by atoms with Crippen LogP contribution in [0.15, 0.2) is 85.2 Å². The van der Waals surface area contributed by atoms with Crippen LogP contribution in [0.4, 0.5) is 0 Å². The summed E-state index contributed by atoms with van der Waals surface area (Å²) in [4.78, 5) is 24.2. The van der Waals surface area contributed by atoms with Crippen LogP contribution in [0.25, 0.3) is 12.2 Å². The monoisotopic (exact) mass is 374 g/mol. The van der Waals surface area contributed by atoms with E-state index in [1.54, 1.807) is 60.7 Å². The molecule has 0 amide bonds. The van der Waals surface area contributed by atoms with Gasteiger partial charge in [0, 0.05) is 33.7 Å². The summed E-state index contributed by atoms with van der Waals surface area (Å²) >= 11 is 0. The lowest BCUT2D eigenvalue weighted by atomic mass is 10.1. The molecule has 0 radical (unpaired) electrons. The Labute approximate surface area is 161 Å². The van der Waals surface area contributed by atoms with Gasteiger partial charge in [-0.15, -0.1) is 0 Å². The van der Waals surface area contributed by atoms with Gasteiger partial charge in [0.2, 0.25) is 12.4 Å². The number of pyridine rings is 2. The predicted molar refractivity (Wildman–Crippen MR) is 101 cm³/mol. The first-order valence-corrected chi connectivity index (χ1v) is 8.49. The minimum atomic E-state index is -0.321. The zero-order valence-corrected chi connectivity index (χ0v) is 14.8. The topological polar surface area (TPSA) is 82.4 Å². The minimum absolute atomic E-state index is 0.166. The number of hydrogen-bond donors (Lipinski definition) is 2. The second-order valence-corrected chi connectivity index (χ2v) is 5.92. The molecule has 0 saturated heterocycles. The van der Waals surface area contributed by atoms with Crippen LogP contribution in [0.5, 0.6) is 0 Å². The molecule has 0 aliphatic heterocycles. The van der Waals surface area contributed by atoms with E-state index in [2.05, 4.69) is 0 Å². The molecule has 0 bridgehead atoms. The SMILES string of the molecule is O=C(C=Cc1ccc(C=CC(=O)c2cccc[n+]2O)cc1)c1cccc[n+]1O. The van der Waals surface area contributed by atoms with Gasteiger partial charge in [0.15, 0.2) is 0 Å². The number of hydrogen-bond acceptors (Lipinski definition) is 4. The fraction of sp³-hybridized carbons (Fsp3) is 0. The molecule has 2 heterocycles. The maximum absolute atomic E-state index is 12.1. The lowest BCUT2D eigenvalue weighted by Gasteiger charge is -1.96. The van der Waals surface area contributed by atoms with E-state index in [1.165, 1.54) is 36.7 Å². The molecule has 0 aliphatic carbocycles. The second-order valence-electron chi connectivity index (χ2n) is 5.92. The van der Waals surface area contributed by atoms with Crippen molar-refractivity contribution >= 4 is 23.7 Å².